The van der Waals surface area contributed by atoms with Crippen LogP contribution in [0.4, 0.5) is 0 Å². The highest BCUT2D eigenvalue weighted by atomic mass is 16.5. The van der Waals surface area contributed by atoms with Crippen molar-refractivity contribution in [1.29, 1.82) is 0 Å². The molecule has 0 aromatic heterocycles. The molecule has 0 aliphatic carbocycles. The van der Waals surface area contributed by atoms with Crippen LogP contribution in [0.15, 0.2) is 48.5 Å². The van der Waals surface area contributed by atoms with Gasteiger partial charge in [0.15, 0.2) is 0 Å². The lowest BCUT2D eigenvalue weighted by molar-refractivity contribution is 0.0599. The van der Waals surface area contributed by atoms with Crippen molar-refractivity contribution in [3.63, 3.8) is 0 Å². The summed E-state index contributed by atoms with van der Waals surface area (Å²) >= 11 is 0. The first-order valence-electron chi connectivity index (χ1n) is 6.28. The average molecular weight is 338 g/mol. The molecule has 0 amide bonds. The van der Waals surface area contributed by atoms with Gasteiger partial charge in [-0.1, -0.05) is 19.6 Å². The molecule has 0 unspecified atom stereocenters. The molecule has 0 heterocycles. The van der Waals surface area contributed by atoms with Gasteiger partial charge in [0.1, 0.15) is 11.5 Å². The third-order valence-corrected chi connectivity index (χ3v) is 2.36. The van der Waals surface area contributed by atoms with E-state index in [0.29, 0.717) is 5.56 Å². The van der Waals surface area contributed by atoms with E-state index in [1.807, 2.05) is 0 Å². The van der Waals surface area contributed by atoms with Crippen LogP contribution in [0.5, 0.6) is 11.5 Å². The maximum absolute atomic E-state index is 10.8. The molecule has 0 radical (unpaired) electrons. The SMILES string of the molecule is C.CO.COC(=O)c1cccc(O)c1.O=C(O)c1cccc(O)c1. The Bertz CT molecular complexity index is 638. The van der Waals surface area contributed by atoms with Gasteiger partial charge in [0, 0.05) is 7.11 Å². The van der Waals surface area contributed by atoms with E-state index in [9.17, 15) is 9.59 Å². The fourth-order valence-corrected chi connectivity index (χ4v) is 1.39. The van der Waals surface area contributed by atoms with Gasteiger partial charge in [-0.3, -0.25) is 0 Å². The zero-order chi connectivity index (χ0) is 17.8. The van der Waals surface area contributed by atoms with Gasteiger partial charge in [0.25, 0.3) is 0 Å². The molecular formula is C17H22O7. The summed E-state index contributed by atoms with van der Waals surface area (Å²) in [5, 5.41) is 33.1. The quantitative estimate of drug-likeness (QED) is 0.620. The van der Waals surface area contributed by atoms with E-state index in [0.717, 1.165) is 7.11 Å². The molecule has 0 saturated carbocycles. The van der Waals surface area contributed by atoms with E-state index in [1.54, 1.807) is 12.1 Å². The normalized spacial score (nSPS) is 8.29. The van der Waals surface area contributed by atoms with E-state index in [1.165, 1.54) is 43.5 Å². The minimum absolute atomic E-state index is 0. The number of carbonyl (C=O) groups excluding carboxylic acids is 1. The van der Waals surface area contributed by atoms with Gasteiger partial charge in [0.2, 0.25) is 0 Å². The number of aromatic carboxylic acids is 1. The number of phenolic OH excluding ortho intramolecular Hbond substituents is 2. The average Bonchev–Trinajstić information content (AvgIpc) is 2.56. The van der Waals surface area contributed by atoms with Crippen LogP contribution in [0.3, 0.4) is 0 Å². The van der Waals surface area contributed by atoms with Gasteiger partial charge in [-0.15, -0.1) is 0 Å². The smallest absolute Gasteiger partial charge is 0.337 e. The first kappa shape index (κ1) is 23.2. The van der Waals surface area contributed by atoms with Gasteiger partial charge in [-0.05, 0) is 36.4 Å². The molecule has 0 aliphatic heterocycles. The fraction of sp³-hybridized carbons (Fsp3) is 0.176. The van der Waals surface area contributed by atoms with Crippen LogP contribution < -0.4 is 0 Å². The number of carbonyl (C=O) groups is 2. The number of aliphatic hydroxyl groups is 1. The number of benzene rings is 2. The molecule has 2 aromatic carbocycles. The summed E-state index contributed by atoms with van der Waals surface area (Å²) in [5.41, 5.74) is 0.451. The monoisotopic (exact) mass is 338 g/mol. The number of rotatable bonds is 2. The zero-order valence-electron chi connectivity index (χ0n) is 12.6. The molecule has 0 saturated heterocycles. The first-order valence-corrected chi connectivity index (χ1v) is 6.28. The van der Waals surface area contributed by atoms with Crippen molar-refractivity contribution in [1.82, 2.24) is 0 Å². The molecule has 7 heteroatoms. The van der Waals surface area contributed by atoms with Crippen LogP contribution >= 0.6 is 0 Å². The number of ether oxygens (including phenoxy) is 1. The van der Waals surface area contributed by atoms with Crippen LogP contribution in [-0.2, 0) is 4.74 Å². The van der Waals surface area contributed by atoms with Gasteiger partial charge in [-0.2, -0.15) is 0 Å². The van der Waals surface area contributed by atoms with Crippen LogP contribution in [0.1, 0.15) is 28.1 Å². The third-order valence-electron chi connectivity index (χ3n) is 2.36. The van der Waals surface area contributed by atoms with Crippen LogP contribution in [0, 0.1) is 0 Å². The van der Waals surface area contributed by atoms with Crippen LogP contribution in [-0.4, -0.2) is 46.6 Å². The minimum atomic E-state index is -1.03. The highest BCUT2D eigenvalue weighted by Crippen LogP contribution is 2.11. The molecule has 2 aromatic rings. The lowest BCUT2D eigenvalue weighted by Crippen LogP contribution is -1.99. The molecule has 0 atom stereocenters. The summed E-state index contributed by atoms with van der Waals surface area (Å²) in [6.07, 6.45) is 0. The van der Waals surface area contributed by atoms with Gasteiger partial charge in [0.05, 0.1) is 18.2 Å². The van der Waals surface area contributed by atoms with E-state index < -0.39 is 11.9 Å². The van der Waals surface area contributed by atoms with E-state index in [4.69, 9.17) is 20.4 Å². The fourth-order valence-electron chi connectivity index (χ4n) is 1.39. The largest absolute Gasteiger partial charge is 0.508 e. The van der Waals surface area contributed by atoms with Crippen molar-refractivity contribution in [2.45, 2.75) is 7.43 Å². The first-order chi connectivity index (χ1) is 10.9. The number of aliphatic hydroxyl groups excluding tert-OH is 1. The van der Waals surface area contributed by atoms with Crippen molar-refractivity contribution in [3.8, 4) is 11.5 Å². The number of aromatic hydroxyl groups is 2. The molecule has 2 rings (SSSR count). The summed E-state index contributed by atoms with van der Waals surface area (Å²) in [5.74, 6) is -1.44. The highest BCUT2D eigenvalue weighted by molar-refractivity contribution is 5.89. The molecule has 0 spiro atoms. The standard InChI is InChI=1S/C8H8O3.C7H6O3.CH4O.CH4/c1-11-8(10)6-3-2-4-7(9)5-6;8-6-3-1-2-5(4-6)7(9)10;1-2;/h2-5,9H,1H3;1-4,8H,(H,9,10);2H,1H3;1H4. The Hall–Kier alpha value is -3.06. The lowest BCUT2D eigenvalue weighted by Gasteiger charge is -1.97. The van der Waals surface area contributed by atoms with Crippen molar-refractivity contribution in [2.75, 3.05) is 14.2 Å². The van der Waals surface area contributed by atoms with E-state index in [2.05, 4.69) is 4.74 Å². The van der Waals surface area contributed by atoms with Crippen molar-refractivity contribution < 1.29 is 34.8 Å². The lowest BCUT2D eigenvalue weighted by atomic mass is 10.2. The predicted molar refractivity (Wildman–Crippen MR) is 89.4 cm³/mol. The number of methoxy groups -OCH3 is 1. The second kappa shape index (κ2) is 12.5. The Morgan fingerprint density at radius 3 is 1.62 bits per heavy atom. The summed E-state index contributed by atoms with van der Waals surface area (Å²) in [4.78, 5) is 21.1. The van der Waals surface area contributed by atoms with Crippen molar-refractivity contribution in [2.24, 2.45) is 0 Å². The van der Waals surface area contributed by atoms with Crippen molar-refractivity contribution >= 4 is 11.9 Å². The minimum Gasteiger partial charge on any atom is -0.508 e. The predicted octanol–water partition coefficient (Wildman–Crippen LogP) is 2.51. The van der Waals surface area contributed by atoms with Crippen molar-refractivity contribution in [3.05, 3.63) is 59.7 Å². The molecule has 24 heavy (non-hydrogen) atoms. The van der Waals surface area contributed by atoms with Crippen LogP contribution in [0.2, 0.25) is 0 Å². The number of esters is 1. The summed E-state index contributed by atoms with van der Waals surface area (Å²) in [6, 6.07) is 11.5. The van der Waals surface area contributed by atoms with E-state index in [-0.39, 0.29) is 24.5 Å². The maximum atomic E-state index is 10.8. The number of hydrogen-bond donors (Lipinski definition) is 4. The molecule has 7 nitrogen and oxygen atoms in total. The number of phenols is 2. The molecule has 0 aliphatic rings. The van der Waals surface area contributed by atoms with Gasteiger partial charge < -0.3 is 25.2 Å². The molecule has 0 fully saturated rings. The van der Waals surface area contributed by atoms with Gasteiger partial charge in [-0.25, -0.2) is 9.59 Å². The molecule has 4 N–H and O–H groups in total. The highest BCUT2D eigenvalue weighted by Gasteiger charge is 2.03. The summed E-state index contributed by atoms with van der Waals surface area (Å²) in [6.45, 7) is 0. The topological polar surface area (TPSA) is 124 Å². The van der Waals surface area contributed by atoms with Crippen LogP contribution in [0.25, 0.3) is 0 Å². The number of carboxylic acids is 1. The Morgan fingerprint density at radius 2 is 1.29 bits per heavy atom. The molecule has 132 valence electrons. The zero-order valence-corrected chi connectivity index (χ0v) is 12.6. The number of carboxylic acid groups (broad SMARTS) is 1. The van der Waals surface area contributed by atoms with Gasteiger partial charge >= 0.3 is 11.9 Å². The Morgan fingerprint density at radius 1 is 0.875 bits per heavy atom. The molecular weight excluding hydrogens is 316 g/mol. The third kappa shape index (κ3) is 8.40. The number of hydrogen-bond acceptors (Lipinski definition) is 6. The Kier molecular flexibility index (Phi) is 12.1. The van der Waals surface area contributed by atoms with E-state index >= 15 is 0 Å². The summed E-state index contributed by atoms with van der Waals surface area (Å²) in [7, 11) is 2.30. The second-order valence-electron chi connectivity index (χ2n) is 3.90. The Balaban J connectivity index is 0. The summed E-state index contributed by atoms with van der Waals surface area (Å²) < 4.78 is 4.44. The maximum Gasteiger partial charge on any atom is 0.337 e. The Labute approximate surface area is 140 Å². The molecule has 0 bridgehead atoms. The second-order valence-corrected chi connectivity index (χ2v) is 3.90.